The number of fused-ring (bicyclic) bond motifs is 1. The monoisotopic (exact) mass is 152 g/mol. The molecular weight excluding hydrogens is 140 g/mol. The minimum atomic E-state index is -0.0949. The Balaban J connectivity index is 1.93. The van der Waals surface area contributed by atoms with E-state index in [4.69, 9.17) is 5.73 Å². The van der Waals surface area contributed by atoms with Crippen molar-refractivity contribution in [3.05, 3.63) is 0 Å². The molecule has 11 heavy (non-hydrogen) atoms. The average Bonchev–Trinajstić information content (AvgIpc) is 2.77. The van der Waals surface area contributed by atoms with Crippen molar-refractivity contribution in [1.29, 1.82) is 0 Å². The van der Waals surface area contributed by atoms with Gasteiger partial charge in [-0.2, -0.15) is 0 Å². The molecule has 1 saturated carbocycles. The number of rotatable bonds is 1. The maximum absolute atomic E-state index is 11.1. The number of nitrogens with two attached hydrogens (primary N) is 1. The zero-order chi connectivity index (χ0) is 7.64. The molecule has 0 aromatic carbocycles. The van der Waals surface area contributed by atoms with Crippen LogP contribution >= 0.6 is 0 Å². The summed E-state index contributed by atoms with van der Waals surface area (Å²) in [6.45, 7) is 1.12. The van der Waals surface area contributed by atoms with Crippen LogP contribution in [0.5, 0.6) is 0 Å². The number of amides is 1. The number of carbonyl (C=O) groups is 1. The molecule has 2 saturated heterocycles. The Morgan fingerprint density at radius 3 is 2.73 bits per heavy atom. The molecule has 2 N–H and O–H groups in total. The van der Waals surface area contributed by atoms with Crippen molar-refractivity contribution >= 4 is 5.91 Å². The molecule has 0 aromatic rings. The summed E-state index contributed by atoms with van der Waals surface area (Å²) in [5.41, 5.74) is 5.71. The lowest BCUT2D eigenvalue weighted by Gasteiger charge is -2.17. The third-order valence-corrected chi connectivity index (χ3v) is 3.47. The van der Waals surface area contributed by atoms with Gasteiger partial charge in [0, 0.05) is 12.6 Å². The Morgan fingerprint density at radius 1 is 1.55 bits per heavy atom. The van der Waals surface area contributed by atoms with Crippen LogP contribution in [0.2, 0.25) is 0 Å². The van der Waals surface area contributed by atoms with E-state index in [0.29, 0.717) is 5.41 Å². The van der Waals surface area contributed by atoms with Crippen LogP contribution in [-0.4, -0.2) is 29.4 Å². The predicted octanol–water partition coefficient (Wildman–Crippen LogP) is -0.292. The highest BCUT2D eigenvalue weighted by molar-refractivity contribution is 5.82. The molecular formula is C8H12N2O. The van der Waals surface area contributed by atoms with E-state index in [-0.39, 0.29) is 11.9 Å². The van der Waals surface area contributed by atoms with E-state index in [0.717, 1.165) is 12.6 Å². The van der Waals surface area contributed by atoms with E-state index in [2.05, 4.69) is 4.90 Å². The quantitative estimate of drug-likeness (QED) is 0.525. The summed E-state index contributed by atoms with van der Waals surface area (Å²) in [6.07, 6.45) is 3.70. The van der Waals surface area contributed by atoms with Crippen molar-refractivity contribution in [1.82, 2.24) is 4.90 Å². The zero-order valence-corrected chi connectivity index (χ0v) is 6.42. The van der Waals surface area contributed by atoms with Gasteiger partial charge >= 0.3 is 0 Å². The molecule has 2 aliphatic heterocycles. The van der Waals surface area contributed by atoms with Gasteiger partial charge in [-0.25, -0.2) is 0 Å². The molecule has 3 unspecified atom stereocenters. The van der Waals surface area contributed by atoms with Gasteiger partial charge in [0.2, 0.25) is 5.91 Å². The van der Waals surface area contributed by atoms with Crippen molar-refractivity contribution in [2.45, 2.75) is 31.3 Å². The second kappa shape index (κ2) is 1.46. The lowest BCUT2D eigenvalue weighted by Crippen LogP contribution is -2.39. The number of piperidine rings is 1. The molecule has 1 amide bonds. The first-order chi connectivity index (χ1) is 5.23. The van der Waals surface area contributed by atoms with Gasteiger partial charge in [-0.3, -0.25) is 9.69 Å². The van der Waals surface area contributed by atoms with E-state index >= 15 is 0 Å². The maximum Gasteiger partial charge on any atom is 0.235 e. The van der Waals surface area contributed by atoms with Gasteiger partial charge in [-0.15, -0.1) is 0 Å². The molecule has 3 aliphatic rings. The molecule has 3 heteroatoms. The fourth-order valence-electron chi connectivity index (χ4n) is 2.73. The number of hydrogen-bond donors (Lipinski definition) is 1. The van der Waals surface area contributed by atoms with Gasteiger partial charge in [0.25, 0.3) is 0 Å². The van der Waals surface area contributed by atoms with Crippen LogP contribution in [0.1, 0.15) is 19.3 Å². The second-order valence-corrected chi connectivity index (χ2v) is 4.22. The number of carbonyl (C=O) groups excluding carboxylic acids is 1. The highest BCUT2D eigenvalue weighted by Gasteiger charge is 2.66. The standard InChI is InChI=1S/C8H12N2O/c9-7(11)6-8(1-2-8)3-5-4-10(5)6/h5-6H,1-4H2,(H2,9,11). The molecule has 0 bridgehead atoms. The Morgan fingerprint density at radius 2 is 2.27 bits per heavy atom. The van der Waals surface area contributed by atoms with Crippen molar-refractivity contribution in [3.63, 3.8) is 0 Å². The molecule has 0 aromatic heterocycles. The van der Waals surface area contributed by atoms with Crippen molar-refractivity contribution in [3.8, 4) is 0 Å². The summed E-state index contributed by atoms with van der Waals surface area (Å²) in [4.78, 5) is 13.3. The van der Waals surface area contributed by atoms with Crippen molar-refractivity contribution < 1.29 is 4.79 Å². The Labute approximate surface area is 65.5 Å². The van der Waals surface area contributed by atoms with Crippen LogP contribution in [0, 0.1) is 5.41 Å². The Kier molecular flexibility index (Phi) is 0.796. The topological polar surface area (TPSA) is 46.1 Å². The Bertz CT molecular complexity index is 234. The van der Waals surface area contributed by atoms with Crippen LogP contribution in [0.25, 0.3) is 0 Å². The van der Waals surface area contributed by atoms with Gasteiger partial charge in [-0.1, -0.05) is 0 Å². The molecule has 0 radical (unpaired) electrons. The second-order valence-electron chi connectivity index (χ2n) is 4.22. The smallest absolute Gasteiger partial charge is 0.235 e. The maximum atomic E-state index is 11.1. The minimum Gasteiger partial charge on any atom is -0.368 e. The Hall–Kier alpha value is -0.570. The normalized spacial score (nSPS) is 48.9. The first-order valence-electron chi connectivity index (χ1n) is 4.28. The third kappa shape index (κ3) is 0.601. The molecule has 3 fully saturated rings. The third-order valence-electron chi connectivity index (χ3n) is 3.47. The highest BCUT2D eigenvalue weighted by atomic mass is 16.1. The van der Waals surface area contributed by atoms with Crippen LogP contribution in [0.3, 0.4) is 0 Å². The van der Waals surface area contributed by atoms with Gasteiger partial charge in [0.05, 0.1) is 6.04 Å². The predicted molar refractivity (Wildman–Crippen MR) is 39.8 cm³/mol. The van der Waals surface area contributed by atoms with Gasteiger partial charge in [0.15, 0.2) is 0 Å². The molecule has 1 spiro atoms. The van der Waals surface area contributed by atoms with Crippen LogP contribution in [-0.2, 0) is 4.79 Å². The summed E-state index contributed by atoms with van der Waals surface area (Å²) in [5.74, 6) is -0.0949. The lowest BCUT2D eigenvalue weighted by atomic mass is 9.94. The van der Waals surface area contributed by atoms with Gasteiger partial charge < -0.3 is 5.73 Å². The van der Waals surface area contributed by atoms with E-state index in [1.165, 1.54) is 19.3 Å². The molecule has 1 aliphatic carbocycles. The van der Waals surface area contributed by atoms with Gasteiger partial charge in [-0.05, 0) is 24.7 Å². The minimum absolute atomic E-state index is 0.0949. The molecule has 3 rings (SSSR count). The summed E-state index contributed by atoms with van der Waals surface area (Å²) >= 11 is 0. The van der Waals surface area contributed by atoms with E-state index < -0.39 is 0 Å². The van der Waals surface area contributed by atoms with E-state index in [1.807, 2.05) is 0 Å². The first-order valence-corrected chi connectivity index (χ1v) is 4.28. The van der Waals surface area contributed by atoms with Crippen LogP contribution < -0.4 is 5.73 Å². The van der Waals surface area contributed by atoms with Crippen LogP contribution in [0.4, 0.5) is 0 Å². The van der Waals surface area contributed by atoms with Gasteiger partial charge in [0.1, 0.15) is 0 Å². The van der Waals surface area contributed by atoms with E-state index in [1.54, 1.807) is 0 Å². The zero-order valence-electron chi connectivity index (χ0n) is 6.42. The van der Waals surface area contributed by atoms with Crippen LogP contribution in [0.15, 0.2) is 0 Å². The average molecular weight is 152 g/mol. The molecule has 2 heterocycles. The number of primary amides is 1. The SMILES string of the molecule is NC(=O)C1N2CC2CC12CC2. The fraction of sp³-hybridized carbons (Fsp3) is 0.875. The summed E-state index contributed by atoms with van der Waals surface area (Å²) in [7, 11) is 0. The fourth-order valence-corrected chi connectivity index (χ4v) is 2.73. The van der Waals surface area contributed by atoms with Crippen molar-refractivity contribution in [2.24, 2.45) is 11.1 Å². The lowest BCUT2D eigenvalue weighted by molar-refractivity contribution is -0.122. The molecule has 60 valence electrons. The summed E-state index contributed by atoms with van der Waals surface area (Å²) in [6, 6.07) is 0.822. The van der Waals surface area contributed by atoms with E-state index in [9.17, 15) is 4.79 Å². The largest absolute Gasteiger partial charge is 0.368 e. The summed E-state index contributed by atoms with van der Waals surface area (Å²) in [5, 5.41) is 0. The molecule has 3 nitrogen and oxygen atoms in total. The number of nitrogens with zero attached hydrogens (tertiary/aromatic N) is 1. The first kappa shape index (κ1) is 6.00. The highest BCUT2D eigenvalue weighted by Crippen LogP contribution is 2.62. The summed E-state index contributed by atoms with van der Waals surface area (Å²) < 4.78 is 0. The molecule has 3 atom stereocenters. The van der Waals surface area contributed by atoms with Crippen molar-refractivity contribution in [2.75, 3.05) is 6.54 Å². The number of hydrogen-bond acceptors (Lipinski definition) is 2.